The number of hydrogen-bond acceptors (Lipinski definition) is 5. The van der Waals surface area contributed by atoms with Crippen molar-refractivity contribution in [2.24, 2.45) is 35.0 Å². The monoisotopic (exact) mass is 428 g/mol. The van der Waals surface area contributed by atoms with Crippen molar-refractivity contribution in [2.45, 2.75) is 57.8 Å². The summed E-state index contributed by atoms with van der Waals surface area (Å²) >= 11 is 0. The smallest absolute Gasteiger partial charge is 0.321 e. The molecule has 0 aromatic rings. The van der Waals surface area contributed by atoms with Crippen molar-refractivity contribution in [1.29, 1.82) is 0 Å². The molecule has 5 unspecified atom stereocenters. The zero-order valence-electron chi connectivity index (χ0n) is 16.5. The van der Waals surface area contributed by atoms with Crippen LogP contribution in [-0.4, -0.2) is 55.4 Å². The van der Waals surface area contributed by atoms with Crippen molar-refractivity contribution < 1.29 is 49.5 Å². The van der Waals surface area contributed by atoms with Crippen LogP contribution >= 0.6 is 0 Å². The van der Waals surface area contributed by atoms with Gasteiger partial charge in [-0.3, -0.25) is 24.0 Å². The van der Waals surface area contributed by atoms with E-state index in [1.54, 1.807) is 0 Å². The summed E-state index contributed by atoms with van der Waals surface area (Å²) in [5.41, 5.74) is -1.47. The fourth-order valence-electron chi connectivity index (χ4n) is 5.45. The third kappa shape index (κ3) is 4.57. The highest BCUT2D eigenvalue weighted by atomic mass is 16.4. The summed E-state index contributed by atoms with van der Waals surface area (Å²) in [6.07, 6.45) is 4.58. The van der Waals surface area contributed by atoms with Crippen LogP contribution in [0.1, 0.15) is 57.8 Å². The van der Waals surface area contributed by atoms with E-state index in [4.69, 9.17) is 15.3 Å². The van der Waals surface area contributed by atoms with Gasteiger partial charge >= 0.3 is 29.8 Å². The molecule has 0 bridgehead atoms. The van der Waals surface area contributed by atoms with Crippen molar-refractivity contribution in [1.82, 2.24) is 0 Å². The second-order valence-electron chi connectivity index (χ2n) is 8.49. The largest absolute Gasteiger partial charge is 0.481 e. The molecule has 0 saturated heterocycles. The molecule has 5 N–H and O–H groups in total. The van der Waals surface area contributed by atoms with Gasteiger partial charge in [-0.2, -0.15) is 0 Å². The molecule has 5 atom stereocenters. The second-order valence-corrected chi connectivity index (χ2v) is 8.49. The minimum absolute atomic E-state index is 0.192. The third-order valence-electron chi connectivity index (χ3n) is 7.02. The Balaban J connectivity index is 0.000000248. The van der Waals surface area contributed by atoms with E-state index in [1.165, 1.54) is 0 Å². The number of aliphatic carboxylic acids is 5. The maximum atomic E-state index is 11.4. The van der Waals surface area contributed by atoms with Crippen molar-refractivity contribution in [2.75, 3.05) is 0 Å². The molecule has 3 fully saturated rings. The zero-order chi connectivity index (χ0) is 22.6. The van der Waals surface area contributed by atoms with Gasteiger partial charge in [0.15, 0.2) is 5.41 Å². The van der Waals surface area contributed by atoms with Gasteiger partial charge in [-0.05, 0) is 50.4 Å². The summed E-state index contributed by atoms with van der Waals surface area (Å²) in [6, 6.07) is 0. The predicted octanol–water partition coefficient (Wildman–Crippen LogP) is 2.01. The summed E-state index contributed by atoms with van der Waals surface area (Å²) in [5.74, 6) is -8.31. The fraction of sp³-hybridized carbons (Fsp3) is 0.750. The molecule has 0 aromatic carbocycles. The minimum atomic E-state index is -1.47. The lowest BCUT2D eigenvalue weighted by Gasteiger charge is -2.44. The molecule has 0 radical (unpaired) electrons. The highest BCUT2D eigenvalue weighted by Crippen LogP contribution is 2.49. The maximum absolute atomic E-state index is 11.4. The average Bonchev–Trinajstić information content (AvgIpc) is 3.18. The number of carboxylic acid groups (broad SMARTS) is 5. The van der Waals surface area contributed by atoms with E-state index in [1.807, 2.05) is 0 Å². The lowest BCUT2D eigenvalue weighted by molar-refractivity contribution is -0.165. The predicted molar refractivity (Wildman–Crippen MR) is 99.6 cm³/mol. The van der Waals surface area contributed by atoms with Crippen LogP contribution in [0.3, 0.4) is 0 Å². The van der Waals surface area contributed by atoms with Crippen molar-refractivity contribution in [3.8, 4) is 0 Å². The van der Waals surface area contributed by atoms with E-state index < -0.39 is 53.0 Å². The first-order valence-corrected chi connectivity index (χ1v) is 10.2. The van der Waals surface area contributed by atoms with Gasteiger partial charge in [0.1, 0.15) is 0 Å². The van der Waals surface area contributed by atoms with Crippen molar-refractivity contribution in [3.05, 3.63) is 0 Å². The van der Waals surface area contributed by atoms with Crippen LogP contribution in [0.5, 0.6) is 0 Å². The topological polar surface area (TPSA) is 186 Å². The Labute approximate surface area is 172 Å². The summed E-state index contributed by atoms with van der Waals surface area (Å²) < 4.78 is 0. The normalized spacial score (nSPS) is 32.1. The standard InChI is InChI=1S/C13H18O6.C7H10O4/c14-11(15)8-3-1-2-7-6(8)4-5-9(12(16)17)10(7)13(18)19;8-5(9)7(6(10)11)3-1-2-4-7/h6-10H,1-5H2,(H,14,15)(H,16,17)(H,18,19);1-4H2,(H,8,9)(H,10,11). The molecule has 3 saturated carbocycles. The number of fused-ring (bicyclic) bond motifs is 1. The van der Waals surface area contributed by atoms with Gasteiger partial charge in [0.25, 0.3) is 0 Å². The van der Waals surface area contributed by atoms with Crippen LogP contribution in [0, 0.1) is 35.0 Å². The van der Waals surface area contributed by atoms with Gasteiger partial charge in [-0.15, -0.1) is 0 Å². The molecule has 10 nitrogen and oxygen atoms in total. The highest BCUT2D eigenvalue weighted by Gasteiger charge is 2.51. The second kappa shape index (κ2) is 9.44. The number of hydrogen-bond donors (Lipinski definition) is 5. The summed E-state index contributed by atoms with van der Waals surface area (Å²) in [5, 5.41) is 45.0. The van der Waals surface area contributed by atoms with E-state index in [2.05, 4.69) is 0 Å². The third-order valence-corrected chi connectivity index (χ3v) is 7.02. The molecule has 0 amide bonds. The molecular weight excluding hydrogens is 400 g/mol. The molecule has 3 rings (SSSR count). The van der Waals surface area contributed by atoms with E-state index in [0.717, 1.165) is 0 Å². The summed E-state index contributed by atoms with van der Waals surface area (Å²) in [6.45, 7) is 0. The first-order valence-electron chi connectivity index (χ1n) is 10.2. The van der Waals surface area contributed by atoms with Crippen LogP contribution in [0.2, 0.25) is 0 Å². The Bertz CT molecular complexity index is 692. The van der Waals surface area contributed by atoms with Gasteiger partial charge in [0.2, 0.25) is 0 Å². The summed E-state index contributed by atoms with van der Waals surface area (Å²) in [7, 11) is 0. The fourth-order valence-corrected chi connectivity index (χ4v) is 5.45. The molecule has 168 valence electrons. The Morgan fingerprint density at radius 3 is 1.50 bits per heavy atom. The summed E-state index contributed by atoms with van der Waals surface area (Å²) in [4.78, 5) is 55.0. The molecule has 0 aliphatic heterocycles. The molecule has 30 heavy (non-hydrogen) atoms. The molecular formula is C20H28O10. The molecule has 10 heteroatoms. The SMILES string of the molecule is O=C(O)C1(C(=O)O)CCCC1.O=C(O)C1CCCC2C1CCC(C(=O)O)C2C(=O)O. The number of carboxylic acids is 5. The van der Waals surface area contributed by atoms with Crippen LogP contribution in [0.4, 0.5) is 0 Å². The van der Waals surface area contributed by atoms with Gasteiger partial charge in [-0.25, -0.2) is 0 Å². The quantitative estimate of drug-likeness (QED) is 0.405. The lowest BCUT2D eigenvalue weighted by atomic mass is 9.58. The number of carbonyl (C=O) groups is 5. The van der Waals surface area contributed by atoms with E-state index in [0.29, 0.717) is 38.5 Å². The Morgan fingerprint density at radius 1 is 0.567 bits per heavy atom. The molecule has 0 heterocycles. The average molecular weight is 428 g/mol. The Hall–Kier alpha value is -2.65. The molecule has 0 spiro atoms. The Morgan fingerprint density at radius 2 is 1.10 bits per heavy atom. The number of rotatable bonds is 5. The lowest BCUT2D eigenvalue weighted by Crippen LogP contribution is -2.47. The van der Waals surface area contributed by atoms with Crippen LogP contribution in [-0.2, 0) is 24.0 Å². The Kier molecular flexibility index (Phi) is 7.44. The van der Waals surface area contributed by atoms with Crippen LogP contribution < -0.4 is 0 Å². The maximum Gasteiger partial charge on any atom is 0.321 e. The van der Waals surface area contributed by atoms with Crippen LogP contribution in [0.15, 0.2) is 0 Å². The molecule has 3 aliphatic carbocycles. The molecule has 0 aromatic heterocycles. The van der Waals surface area contributed by atoms with E-state index in [9.17, 15) is 34.2 Å². The van der Waals surface area contributed by atoms with Crippen LogP contribution in [0.25, 0.3) is 0 Å². The van der Waals surface area contributed by atoms with E-state index in [-0.39, 0.29) is 31.1 Å². The minimum Gasteiger partial charge on any atom is -0.481 e. The van der Waals surface area contributed by atoms with Gasteiger partial charge in [-0.1, -0.05) is 19.3 Å². The van der Waals surface area contributed by atoms with Gasteiger partial charge < -0.3 is 25.5 Å². The van der Waals surface area contributed by atoms with E-state index >= 15 is 0 Å². The van der Waals surface area contributed by atoms with Crippen molar-refractivity contribution in [3.63, 3.8) is 0 Å². The first-order chi connectivity index (χ1) is 14.0. The highest BCUT2D eigenvalue weighted by molar-refractivity contribution is 5.98. The van der Waals surface area contributed by atoms with Gasteiger partial charge in [0.05, 0.1) is 17.8 Å². The zero-order valence-corrected chi connectivity index (χ0v) is 16.5. The molecule has 3 aliphatic rings. The first kappa shape index (κ1) is 23.6. The van der Waals surface area contributed by atoms with Gasteiger partial charge in [0, 0.05) is 0 Å². The van der Waals surface area contributed by atoms with Crippen molar-refractivity contribution >= 4 is 29.8 Å².